The molecule has 1 N–H and O–H groups in total. The second kappa shape index (κ2) is 7.40. The first-order valence-corrected chi connectivity index (χ1v) is 8.10. The van der Waals surface area contributed by atoms with E-state index < -0.39 is 5.97 Å². The third-order valence-corrected chi connectivity index (χ3v) is 4.71. The van der Waals surface area contributed by atoms with Crippen LogP contribution in [0.3, 0.4) is 0 Å². The molecule has 126 valence electrons. The number of ketones is 1. The maximum absolute atomic E-state index is 12.3. The van der Waals surface area contributed by atoms with Crippen LogP contribution in [0.5, 0.6) is 0 Å². The summed E-state index contributed by atoms with van der Waals surface area (Å²) >= 11 is 0. The molecule has 1 aliphatic carbocycles. The molecule has 4 heteroatoms. The zero-order valence-corrected chi connectivity index (χ0v) is 14.6. The lowest BCUT2D eigenvalue weighted by molar-refractivity contribution is -0.146. The van der Waals surface area contributed by atoms with Crippen molar-refractivity contribution in [2.75, 3.05) is 13.2 Å². The summed E-state index contributed by atoms with van der Waals surface area (Å²) < 4.78 is 4.86. The first kappa shape index (κ1) is 18.9. The van der Waals surface area contributed by atoms with Crippen molar-refractivity contribution in [1.82, 2.24) is 0 Å². The first-order valence-electron chi connectivity index (χ1n) is 8.10. The van der Waals surface area contributed by atoms with Crippen LogP contribution in [-0.2, 0) is 14.3 Å². The molecule has 0 bridgehead atoms. The van der Waals surface area contributed by atoms with Crippen LogP contribution in [0.25, 0.3) is 0 Å². The van der Waals surface area contributed by atoms with Crippen LogP contribution in [0.2, 0.25) is 0 Å². The number of rotatable bonds is 9. The van der Waals surface area contributed by atoms with Gasteiger partial charge in [0.15, 0.2) is 0 Å². The van der Waals surface area contributed by atoms with Crippen molar-refractivity contribution in [3.05, 3.63) is 11.6 Å². The van der Waals surface area contributed by atoms with Crippen molar-refractivity contribution in [3.8, 4) is 0 Å². The molecule has 1 saturated carbocycles. The van der Waals surface area contributed by atoms with E-state index >= 15 is 0 Å². The zero-order chi connectivity index (χ0) is 17.0. The van der Waals surface area contributed by atoms with Crippen molar-refractivity contribution in [1.29, 1.82) is 0 Å². The minimum absolute atomic E-state index is 0.00818. The second-order valence-electron chi connectivity index (χ2n) is 7.50. The molecule has 0 heterocycles. The summed E-state index contributed by atoms with van der Waals surface area (Å²) in [5.41, 5.74) is 0.702. The summed E-state index contributed by atoms with van der Waals surface area (Å²) in [6.45, 7) is 10.4. The van der Waals surface area contributed by atoms with Crippen molar-refractivity contribution in [2.45, 2.75) is 60.3 Å². The van der Waals surface area contributed by atoms with Gasteiger partial charge in [-0.1, -0.05) is 32.4 Å². The van der Waals surface area contributed by atoms with E-state index in [1.165, 1.54) is 0 Å². The van der Waals surface area contributed by atoms with Crippen molar-refractivity contribution >= 4 is 11.8 Å². The Labute approximate surface area is 133 Å². The molecular formula is C18H30O4. The van der Waals surface area contributed by atoms with Crippen LogP contribution >= 0.6 is 0 Å². The van der Waals surface area contributed by atoms with E-state index in [2.05, 4.69) is 19.9 Å². The highest BCUT2D eigenvalue weighted by Crippen LogP contribution is 2.58. The van der Waals surface area contributed by atoms with Crippen LogP contribution in [-0.4, -0.2) is 30.1 Å². The van der Waals surface area contributed by atoms with E-state index in [1.807, 2.05) is 13.8 Å². The molecule has 0 amide bonds. The molecule has 22 heavy (non-hydrogen) atoms. The van der Waals surface area contributed by atoms with Gasteiger partial charge in [-0.3, -0.25) is 9.59 Å². The third-order valence-electron chi connectivity index (χ3n) is 4.71. The Morgan fingerprint density at radius 3 is 2.59 bits per heavy atom. The van der Waals surface area contributed by atoms with Gasteiger partial charge >= 0.3 is 5.97 Å². The van der Waals surface area contributed by atoms with Gasteiger partial charge < -0.3 is 9.84 Å². The highest BCUT2D eigenvalue weighted by Gasteiger charge is 2.56. The summed E-state index contributed by atoms with van der Waals surface area (Å²) in [7, 11) is 0. The number of carbonyl (C=O) groups excluding carboxylic acids is 2. The second-order valence-corrected chi connectivity index (χ2v) is 7.50. The lowest BCUT2D eigenvalue weighted by Crippen LogP contribution is -2.22. The average Bonchev–Trinajstić information content (AvgIpc) is 3.07. The number of hydrogen-bond acceptors (Lipinski definition) is 4. The van der Waals surface area contributed by atoms with Gasteiger partial charge in [-0.25, -0.2) is 0 Å². The van der Waals surface area contributed by atoms with Crippen LogP contribution in [0.15, 0.2) is 11.6 Å². The molecule has 0 aliphatic heterocycles. The molecule has 0 saturated heterocycles. The fraction of sp³-hybridized carbons (Fsp3) is 0.778. The Balaban J connectivity index is 2.52. The smallest absolute Gasteiger partial charge is 0.313 e. The largest absolute Gasteiger partial charge is 0.466 e. The molecule has 0 radical (unpaired) electrons. The fourth-order valence-corrected chi connectivity index (χ4v) is 2.90. The summed E-state index contributed by atoms with van der Waals surface area (Å²) in [5.74, 6) is -0.0683. The molecule has 1 fully saturated rings. The highest BCUT2D eigenvalue weighted by molar-refractivity contribution is 6.00. The Morgan fingerprint density at radius 1 is 1.41 bits per heavy atom. The van der Waals surface area contributed by atoms with Gasteiger partial charge in [-0.15, -0.1) is 0 Å². The van der Waals surface area contributed by atoms with Crippen molar-refractivity contribution in [2.24, 2.45) is 16.7 Å². The quantitative estimate of drug-likeness (QED) is 0.403. The maximum atomic E-state index is 12.3. The number of ether oxygens (including phenoxy) is 1. The first-order chi connectivity index (χ1) is 10.1. The van der Waals surface area contributed by atoms with Crippen LogP contribution < -0.4 is 0 Å². The number of carbonyl (C=O) groups is 2. The number of hydrogen-bond donors (Lipinski definition) is 1. The molecule has 0 unspecified atom stereocenters. The van der Waals surface area contributed by atoms with E-state index in [0.29, 0.717) is 12.5 Å². The Bertz CT molecular complexity index is 450. The lowest BCUT2D eigenvalue weighted by Gasteiger charge is -2.24. The molecule has 1 aliphatic rings. The van der Waals surface area contributed by atoms with E-state index in [-0.39, 0.29) is 29.6 Å². The molecule has 4 nitrogen and oxygen atoms in total. The van der Waals surface area contributed by atoms with Crippen LogP contribution in [0, 0.1) is 16.7 Å². The Hall–Kier alpha value is -1.16. The van der Waals surface area contributed by atoms with Gasteiger partial charge in [0.05, 0.1) is 13.2 Å². The Kier molecular flexibility index (Phi) is 6.36. The maximum Gasteiger partial charge on any atom is 0.313 e. The average molecular weight is 310 g/mol. The number of esters is 1. The number of aliphatic hydroxyl groups is 1. The van der Waals surface area contributed by atoms with Crippen LogP contribution in [0.1, 0.15) is 60.3 Å². The topological polar surface area (TPSA) is 63.6 Å². The molecule has 0 spiro atoms. The summed E-state index contributed by atoms with van der Waals surface area (Å²) in [6.07, 6.45) is 4.66. The van der Waals surface area contributed by atoms with Crippen LogP contribution in [0.4, 0.5) is 0 Å². The zero-order valence-electron chi connectivity index (χ0n) is 14.6. The molecule has 2 atom stereocenters. The predicted octanol–water partition coefficient (Wildman–Crippen LogP) is 3.28. The van der Waals surface area contributed by atoms with Crippen molar-refractivity contribution < 1.29 is 19.4 Å². The summed E-state index contributed by atoms with van der Waals surface area (Å²) in [5, 5.41) is 9.05. The number of aliphatic hydroxyl groups excluding tert-OH is 1. The van der Waals surface area contributed by atoms with Gasteiger partial charge in [0.1, 0.15) is 12.2 Å². The lowest BCUT2D eigenvalue weighted by atomic mass is 9.81. The van der Waals surface area contributed by atoms with E-state index in [9.17, 15) is 9.59 Å². The molecule has 0 aromatic carbocycles. The summed E-state index contributed by atoms with van der Waals surface area (Å²) in [6, 6.07) is 0. The minimum Gasteiger partial charge on any atom is -0.466 e. The fourth-order valence-electron chi connectivity index (χ4n) is 2.90. The standard InChI is InChI=1S/C18H30O4/c1-6-22-16(21)9-15(20)18(5)11-14(18)10-17(3,4)8-7-13(2)12-19/h7,14,19H,6,8-12H2,1-5H3/b13-7+/t14-,18-/m0/s1. The van der Waals surface area contributed by atoms with Gasteiger partial charge in [0.25, 0.3) is 0 Å². The SMILES string of the molecule is CCOC(=O)CC(=O)[C@@]1(C)C[C@@H]1CC(C)(C)C/C=C(\C)CO. The van der Waals surface area contributed by atoms with Crippen molar-refractivity contribution in [3.63, 3.8) is 0 Å². The number of allylic oxidation sites excluding steroid dienone is 1. The van der Waals surface area contributed by atoms with Gasteiger partial charge in [-0.2, -0.15) is 0 Å². The van der Waals surface area contributed by atoms with Gasteiger partial charge in [0.2, 0.25) is 0 Å². The molecule has 0 aromatic heterocycles. The normalized spacial score (nSPS) is 25.0. The minimum atomic E-state index is -0.417. The van der Waals surface area contributed by atoms with E-state index in [1.54, 1.807) is 6.92 Å². The van der Waals surface area contributed by atoms with Gasteiger partial charge in [-0.05, 0) is 44.4 Å². The van der Waals surface area contributed by atoms with E-state index in [4.69, 9.17) is 9.84 Å². The van der Waals surface area contributed by atoms with E-state index in [0.717, 1.165) is 24.8 Å². The number of Topliss-reactive ketones (excluding diaryl/α,β-unsaturated/α-hetero) is 1. The molecular weight excluding hydrogens is 280 g/mol. The predicted molar refractivity (Wildman–Crippen MR) is 86.3 cm³/mol. The monoisotopic (exact) mass is 310 g/mol. The van der Waals surface area contributed by atoms with Gasteiger partial charge in [0, 0.05) is 5.41 Å². The Morgan fingerprint density at radius 2 is 2.05 bits per heavy atom. The summed E-state index contributed by atoms with van der Waals surface area (Å²) in [4.78, 5) is 23.7. The highest BCUT2D eigenvalue weighted by atomic mass is 16.5. The molecule has 0 aromatic rings. The third kappa shape index (κ3) is 5.24. The molecule has 1 rings (SSSR count).